The van der Waals surface area contributed by atoms with E-state index in [1.54, 1.807) is 0 Å². The van der Waals surface area contributed by atoms with Crippen LogP contribution in [0.25, 0.3) is 0 Å². The van der Waals surface area contributed by atoms with Crippen molar-refractivity contribution in [2.45, 2.75) is 11.7 Å². The minimum absolute atomic E-state index is 0.0234. The molecule has 2 amide bonds. The van der Waals surface area contributed by atoms with E-state index in [0.717, 1.165) is 17.8 Å². The number of amidine groups is 1. The van der Waals surface area contributed by atoms with Gasteiger partial charge in [-0.2, -0.15) is 0 Å². The average Bonchev–Trinajstić information content (AvgIpc) is 2.88. The summed E-state index contributed by atoms with van der Waals surface area (Å²) < 4.78 is 0. The lowest BCUT2D eigenvalue weighted by atomic mass is 10.2. The Morgan fingerprint density at radius 1 is 1.50 bits per heavy atom. The normalized spacial score (nSPS) is 18.0. The number of aliphatic carboxylic acids is 1. The lowest BCUT2D eigenvalue weighted by Gasteiger charge is -2.13. The standard InChI is InChI=1S/C15H14N4O6S/c1-2-6-18-14(23)11(8-12(20)21)26-15(18)17-16-13(22)9-4-3-5-10(7-9)19(24)25/h2-5,7,11H,1,6,8H2,(H,16,22)(H,20,21)/b17-15-/t11-/m1/s1. The number of non-ortho nitro benzene ring substituents is 1. The van der Waals surface area contributed by atoms with E-state index in [1.807, 2.05) is 0 Å². The van der Waals surface area contributed by atoms with Crippen LogP contribution in [0.15, 0.2) is 42.0 Å². The fourth-order valence-corrected chi connectivity index (χ4v) is 3.20. The number of nitro benzene ring substituents is 1. The fourth-order valence-electron chi connectivity index (χ4n) is 2.10. The molecule has 1 heterocycles. The van der Waals surface area contributed by atoms with Gasteiger partial charge in [0.2, 0.25) is 5.91 Å². The quantitative estimate of drug-likeness (QED) is 0.412. The van der Waals surface area contributed by atoms with Crippen LogP contribution in [0.2, 0.25) is 0 Å². The highest BCUT2D eigenvalue weighted by molar-refractivity contribution is 8.15. The molecule has 0 unspecified atom stereocenters. The van der Waals surface area contributed by atoms with Crippen molar-refractivity contribution < 1.29 is 24.4 Å². The van der Waals surface area contributed by atoms with Gasteiger partial charge in [0.15, 0.2) is 5.17 Å². The van der Waals surface area contributed by atoms with Crippen molar-refractivity contribution in [1.82, 2.24) is 10.3 Å². The number of nitro groups is 1. The summed E-state index contributed by atoms with van der Waals surface area (Å²) in [6, 6.07) is 5.08. The first-order valence-electron chi connectivity index (χ1n) is 7.26. The van der Waals surface area contributed by atoms with Crippen LogP contribution in [0, 0.1) is 10.1 Å². The van der Waals surface area contributed by atoms with Gasteiger partial charge in [-0.1, -0.05) is 23.9 Å². The van der Waals surface area contributed by atoms with Crippen molar-refractivity contribution in [2.24, 2.45) is 5.10 Å². The summed E-state index contributed by atoms with van der Waals surface area (Å²) >= 11 is 0.915. The van der Waals surface area contributed by atoms with Crippen molar-refractivity contribution in [3.8, 4) is 0 Å². The lowest BCUT2D eigenvalue weighted by Crippen LogP contribution is -2.34. The SMILES string of the molecule is C=CCN1C(=O)[C@@H](CC(=O)O)S/C1=N\NC(=O)c1cccc([N+](=O)[O-])c1. The van der Waals surface area contributed by atoms with Crippen molar-refractivity contribution in [1.29, 1.82) is 0 Å². The maximum Gasteiger partial charge on any atom is 0.305 e. The Morgan fingerprint density at radius 3 is 2.85 bits per heavy atom. The summed E-state index contributed by atoms with van der Waals surface area (Å²) in [6.45, 7) is 3.63. The number of amides is 2. The monoisotopic (exact) mass is 378 g/mol. The molecular formula is C15H14N4O6S. The number of benzene rings is 1. The molecule has 0 saturated carbocycles. The van der Waals surface area contributed by atoms with Gasteiger partial charge in [0, 0.05) is 24.2 Å². The van der Waals surface area contributed by atoms with Crippen molar-refractivity contribution in [3.63, 3.8) is 0 Å². The van der Waals surface area contributed by atoms with E-state index in [4.69, 9.17) is 5.11 Å². The first-order chi connectivity index (χ1) is 12.3. The van der Waals surface area contributed by atoms with Crippen LogP contribution in [-0.2, 0) is 9.59 Å². The zero-order valence-electron chi connectivity index (χ0n) is 13.3. The molecule has 1 saturated heterocycles. The molecular weight excluding hydrogens is 364 g/mol. The van der Waals surface area contributed by atoms with Crippen molar-refractivity contribution >= 4 is 40.4 Å². The second-order valence-electron chi connectivity index (χ2n) is 5.08. The highest BCUT2D eigenvalue weighted by atomic mass is 32.2. The van der Waals surface area contributed by atoms with Gasteiger partial charge in [-0.15, -0.1) is 11.7 Å². The van der Waals surface area contributed by atoms with Gasteiger partial charge >= 0.3 is 5.97 Å². The summed E-state index contributed by atoms with van der Waals surface area (Å²) in [5, 5.41) is 22.8. The Kier molecular flexibility index (Phi) is 6.07. The molecule has 1 aromatic carbocycles. The van der Waals surface area contributed by atoms with Crippen LogP contribution in [0.4, 0.5) is 5.69 Å². The topological polar surface area (TPSA) is 142 Å². The molecule has 10 nitrogen and oxygen atoms in total. The van der Waals surface area contributed by atoms with Crippen LogP contribution in [0.1, 0.15) is 16.8 Å². The molecule has 0 spiro atoms. The minimum atomic E-state index is -1.13. The Bertz CT molecular complexity index is 809. The predicted molar refractivity (Wildman–Crippen MR) is 93.5 cm³/mol. The fraction of sp³-hybridized carbons (Fsp3) is 0.200. The molecule has 0 bridgehead atoms. The number of nitrogens with zero attached hydrogens (tertiary/aromatic N) is 3. The summed E-state index contributed by atoms with van der Waals surface area (Å²) in [7, 11) is 0. The number of nitrogens with one attached hydrogen (secondary N) is 1. The van der Waals surface area contributed by atoms with E-state index in [-0.39, 0.29) is 29.4 Å². The maximum atomic E-state index is 12.2. The molecule has 0 radical (unpaired) electrons. The molecule has 1 atom stereocenters. The molecule has 0 aromatic heterocycles. The Hall–Kier alpha value is -3.21. The van der Waals surface area contributed by atoms with Crippen molar-refractivity contribution in [2.75, 3.05) is 6.54 Å². The molecule has 2 N–H and O–H groups in total. The Balaban J connectivity index is 2.16. The predicted octanol–water partition coefficient (Wildman–Crippen LogP) is 1.20. The largest absolute Gasteiger partial charge is 0.481 e. The molecule has 26 heavy (non-hydrogen) atoms. The summed E-state index contributed by atoms with van der Waals surface area (Å²) in [6.07, 6.45) is 1.06. The Labute approximate surface area is 151 Å². The third-order valence-electron chi connectivity index (χ3n) is 3.26. The lowest BCUT2D eigenvalue weighted by molar-refractivity contribution is -0.384. The number of hydrazone groups is 1. The number of carboxylic acids is 1. The third kappa shape index (κ3) is 4.45. The van der Waals surface area contributed by atoms with Crippen LogP contribution >= 0.6 is 11.8 Å². The molecule has 2 rings (SSSR count). The molecule has 0 aliphatic carbocycles. The average molecular weight is 378 g/mol. The highest BCUT2D eigenvalue weighted by Crippen LogP contribution is 2.29. The first-order valence-corrected chi connectivity index (χ1v) is 8.14. The highest BCUT2D eigenvalue weighted by Gasteiger charge is 2.38. The van der Waals surface area contributed by atoms with E-state index in [9.17, 15) is 24.5 Å². The molecule has 136 valence electrons. The Morgan fingerprint density at radius 2 is 2.23 bits per heavy atom. The molecule has 1 aliphatic rings. The summed E-state index contributed by atoms with van der Waals surface area (Å²) in [5.41, 5.74) is 2.00. The van der Waals surface area contributed by atoms with E-state index in [0.29, 0.717) is 0 Å². The van der Waals surface area contributed by atoms with E-state index in [1.165, 1.54) is 29.2 Å². The van der Waals surface area contributed by atoms with Gasteiger partial charge < -0.3 is 5.11 Å². The maximum absolute atomic E-state index is 12.2. The molecule has 1 fully saturated rings. The molecule has 1 aromatic rings. The van der Waals surface area contributed by atoms with Crippen LogP contribution in [0.3, 0.4) is 0 Å². The van der Waals surface area contributed by atoms with Gasteiger partial charge in [0.25, 0.3) is 11.6 Å². The first kappa shape index (κ1) is 19.1. The van der Waals surface area contributed by atoms with Crippen LogP contribution in [-0.4, -0.2) is 49.7 Å². The van der Waals surface area contributed by atoms with E-state index in [2.05, 4.69) is 17.1 Å². The number of rotatable bonds is 7. The zero-order valence-corrected chi connectivity index (χ0v) is 14.1. The van der Waals surface area contributed by atoms with Gasteiger partial charge in [0.1, 0.15) is 5.25 Å². The van der Waals surface area contributed by atoms with Crippen LogP contribution < -0.4 is 5.43 Å². The zero-order chi connectivity index (χ0) is 19.3. The number of hydrogen-bond acceptors (Lipinski definition) is 7. The van der Waals surface area contributed by atoms with E-state index >= 15 is 0 Å². The molecule has 1 aliphatic heterocycles. The number of hydrogen-bond donors (Lipinski definition) is 2. The second kappa shape index (κ2) is 8.25. The third-order valence-corrected chi connectivity index (χ3v) is 4.44. The number of thioether (sulfide) groups is 1. The minimum Gasteiger partial charge on any atom is -0.481 e. The van der Waals surface area contributed by atoms with Crippen molar-refractivity contribution in [3.05, 3.63) is 52.6 Å². The smallest absolute Gasteiger partial charge is 0.305 e. The summed E-state index contributed by atoms with van der Waals surface area (Å²) in [4.78, 5) is 46.5. The number of carboxylic acid groups (broad SMARTS) is 1. The number of carbonyl (C=O) groups excluding carboxylic acids is 2. The molecule has 11 heteroatoms. The summed E-state index contributed by atoms with van der Waals surface area (Å²) in [5.74, 6) is -2.27. The second-order valence-corrected chi connectivity index (χ2v) is 6.25. The number of carbonyl (C=O) groups is 3. The van der Waals surface area contributed by atoms with E-state index < -0.39 is 28.0 Å². The van der Waals surface area contributed by atoms with Gasteiger partial charge in [-0.05, 0) is 6.07 Å². The van der Waals surface area contributed by atoms with Crippen LogP contribution in [0.5, 0.6) is 0 Å². The van der Waals surface area contributed by atoms with Gasteiger partial charge in [-0.25, -0.2) is 5.43 Å². The van der Waals surface area contributed by atoms with Gasteiger partial charge in [0.05, 0.1) is 11.3 Å². The van der Waals surface area contributed by atoms with Gasteiger partial charge in [-0.3, -0.25) is 29.4 Å².